The minimum Gasteiger partial charge on any atom is -0.756 e. The van der Waals surface area contributed by atoms with Gasteiger partial charge < -0.3 is 27.9 Å². The van der Waals surface area contributed by atoms with Gasteiger partial charge in [-0.3, -0.25) is 14.2 Å². The summed E-state index contributed by atoms with van der Waals surface area (Å²) in [4.78, 5) is 38.2. The Kier molecular flexibility index (Phi) is 75.0. The fraction of sp³-hybridized carbons (Fsp3) is 0.587. The van der Waals surface area contributed by atoms with Gasteiger partial charge in [0.2, 0.25) is 0 Å². The standard InChI is InChI=1S/C92H148NO8P/c1-6-8-10-12-14-16-18-20-22-24-26-28-30-32-34-36-38-40-42-44-45-46-47-49-51-53-55-57-59-61-63-65-67-69-71-73-75-77-79-81-83-85-92(95)101-90(89-100-102(96,97)99-87-86-93(3,4)5)88-98-91(94)84-82-80-78-76-74-72-70-68-66-64-62-60-58-56-54-52-50-48-43-41-39-37-35-33-31-29-27-25-23-21-19-17-15-13-11-9-7-2/h8-11,14-17,20-23,26-29,32-35,38-41,44-45,47,49,53,55,59,61,65,67,71,73,90H,6-7,12-13,18-19,24-25,30-31,36-37,42-43,46,48,50-52,54,56-58,60,62-64,66,68-70,72,74-89H2,1-5H3/b10-8-,11-9-,16-14-,17-15-,22-20-,23-21-,28-26-,29-27-,34-32-,35-33-,40-38-,41-39-,45-44-,49-47-,55-53-,61-59-,67-65-,73-71-. The Morgan fingerprint density at radius 3 is 0.784 bits per heavy atom. The van der Waals surface area contributed by atoms with Crippen LogP contribution in [0.5, 0.6) is 0 Å². The number of carbonyl (C=O) groups is 2. The number of nitrogens with zero attached hydrogens (tertiary/aromatic N) is 1. The van der Waals surface area contributed by atoms with Gasteiger partial charge in [-0.25, -0.2) is 0 Å². The average molecular weight is 1430 g/mol. The van der Waals surface area contributed by atoms with Gasteiger partial charge in [-0.15, -0.1) is 0 Å². The monoisotopic (exact) mass is 1430 g/mol. The molecule has 2 unspecified atom stereocenters. The van der Waals surface area contributed by atoms with Gasteiger partial charge in [-0.05, 0) is 154 Å². The molecule has 0 radical (unpaired) electrons. The van der Waals surface area contributed by atoms with Crippen LogP contribution >= 0.6 is 7.82 Å². The molecule has 10 heteroatoms. The lowest BCUT2D eigenvalue weighted by molar-refractivity contribution is -0.870. The quantitative estimate of drug-likeness (QED) is 0.0195. The highest BCUT2D eigenvalue weighted by molar-refractivity contribution is 7.45. The number of rotatable bonds is 72. The van der Waals surface area contributed by atoms with E-state index in [2.05, 4.69) is 233 Å². The predicted molar refractivity (Wildman–Crippen MR) is 442 cm³/mol. The molecule has 0 spiro atoms. The molecule has 0 aromatic rings. The molecule has 9 nitrogen and oxygen atoms in total. The molecule has 0 aromatic carbocycles. The molecular formula is C92H148NO8P. The number of hydrogen-bond acceptors (Lipinski definition) is 8. The molecule has 574 valence electrons. The number of esters is 2. The lowest BCUT2D eigenvalue weighted by Gasteiger charge is -2.28. The van der Waals surface area contributed by atoms with E-state index < -0.39 is 32.5 Å². The van der Waals surface area contributed by atoms with Crippen LogP contribution in [-0.2, 0) is 32.7 Å². The van der Waals surface area contributed by atoms with Gasteiger partial charge in [0.1, 0.15) is 19.8 Å². The van der Waals surface area contributed by atoms with E-state index in [1.165, 1.54) is 103 Å². The van der Waals surface area contributed by atoms with Gasteiger partial charge in [-0.2, -0.15) is 0 Å². The lowest BCUT2D eigenvalue weighted by Crippen LogP contribution is -2.37. The van der Waals surface area contributed by atoms with Gasteiger partial charge in [0, 0.05) is 12.8 Å². The van der Waals surface area contributed by atoms with Crippen LogP contribution in [0.2, 0.25) is 0 Å². The number of unbranched alkanes of at least 4 members (excludes halogenated alkanes) is 22. The van der Waals surface area contributed by atoms with Crippen molar-refractivity contribution in [3.05, 3.63) is 219 Å². The maximum absolute atomic E-state index is 12.9. The average Bonchev–Trinajstić information content (AvgIpc) is 0.916. The third-order valence-corrected chi connectivity index (χ3v) is 17.5. The van der Waals surface area contributed by atoms with Crippen molar-refractivity contribution in [3.8, 4) is 0 Å². The summed E-state index contributed by atoms with van der Waals surface area (Å²) in [5, 5.41) is 0. The van der Waals surface area contributed by atoms with E-state index in [0.717, 1.165) is 161 Å². The van der Waals surface area contributed by atoms with Crippen molar-refractivity contribution in [2.45, 2.75) is 302 Å². The highest BCUT2D eigenvalue weighted by atomic mass is 31.2. The number of hydrogen-bond donors (Lipinski definition) is 0. The van der Waals surface area contributed by atoms with Crippen molar-refractivity contribution in [2.75, 3.05) is 47.5 Å². The lowest BCUT2D eigenvalue weighted by atomic mass is 10.0. The summed E-state index contributed by atoms with van der Waals surface area (Å²) in [5.74, 6) is -0.870. The minimum atomic E-state index is -4.67. The fourth-order valence-corrected chi connectivity index (χ4v) is 11.1. The molecule has 0 aliphatic rings. The zero-order valence-corrected chi connectivity index (χ0v) is 66.4. The molecule has 0 N–H and O–H groups in total. The Morgan fingerprint density at radius 1 is 0.304 bits per heavy atom. The summed E-state index contributed by atoms with van der Waals surface area (Å²) < 4.78 is 34.4. The first-order chi connectivity index (χ1) is 50.0. The van der Waals surface area contributed by atoms with Gasteiger partial charge in [0.25, 0.3) is 7.82 Å². The van der Waals surface area contributed by atoms with E-state index in [9.17, 15) is 19.0 Å². The van der Waals surface area contributed by atoms with Gasteiger partial charge in [-0.1, -0.05) is 348 Å². The molecule has 0 aliphatic carbocycles. The molecule has 102 heavy (non-hydrogen) atoms. The number of phosphoric ester groups is 1. The first kappa shape index (κ1) is 96.3. The normalized spacial score (nSPS) is 14.2. The maximum Gasteiger partial charge on any atom is 0.306 e. The molecule has 0 aliphatic heterocycles. The Morgan fingerprint density at radius 2 is 0.529 bits per heavy atom. The minimum absolute atomic E-state index is 0.0460. The van der Waals surface area contributed by atoms with Crippen molar-refractivity contribution in [1.82, 2.24) is 0 Å². The maximum atomic E-state index is 12.9. The van der Waals surface area contributed by atoms with Crippen molar-refractivity contribution < 1.29 is 42.1 Å². The van der Waals surface area contributed by atoms with Crippen molar-refractivity contribution >= 4 is 19.8 Å². The first-order valence-electron chi connectivity index (χ1n) is 40.4. The van der Waals surface area contributed by atoms with Crippen LogP contribution in [0.4, 0.5) is 0 Å². The number of phosphoric acid groups is 1. The van der Waals surface area contributed by atoms with Crippen LogP contribution in [0.25, 0.3) is 0 Å². The van der Waals surface area contributed by atoms with E-state index in [0.29, 0.717) is 17.4 Å². The second-order valence-electron chi connectivity index (χ2n) is 27.3. The smallest absolute Gasteiger partial charge is 0.306 e. The number of carbonyl (C=O) groups excluding carboxylic acids is 2. The topological polar surface area (TPSA) is 111 Å². The molecule has 0 saturated carbocycles. The van der Waals surface area contributed by atoms with Crippen molar-refractivity contribution in [2.24, 2.45) is 0 Å². The number of quaternary nitrogens is 1. The third kappa shape index (κ3) is 83.3. The summed E-state index contributed by atoms with van der Waals surface area (Å²) >= 11 is 0. The van der Waals surface area contributed by atoms with Gasteiger partial charge >= 0.3 is 11.9 Å². The van der Waals surface area contributed by atoms with Gasteiger partial charge in [0.05, 0.1) is 27.7 Å². The van der Waals surface area contributed by atoms with Crippen LogP contribution in [0, 0.1) is 0 Å². The molecule has 0 aromatic heterocycles. The summed E-state index contributed by atoms with van der Waals surface area (Å²) in [6.45, 7) is 3.97. The highest BCUT2D eigenvalue weighted by Gasteiger charge is 2.22. The van der Waals surface area contributed by atoms with Crippen LogP contribution in [0.15, 0.2) is 219 Å². The molecule has 0 heterocycles. The van der Waals surface area contributed by atoms with E-state index in [-0.39, 0.29) is 26.1 Å². The Hall–Kier alpha value is -5.67. The Labute approximate surface area is 627 Å². The highest BCUT2D eigenvalue weighted by Crippen LogP contribution is 2.38. The van der Waals surface area contributed by atoms with E-state index >= 15 is 0 Å². The largest absolute Gasteiger partial charge is 0.756 e. The summed E-state index contributed by atoms with van der Waals surface area (Å²) in [6.07, 6.45) is 126. The molecular weight excluding hydrogens is 1280 g/mol. The first-order valence-corrected chi connectivity index (χ1v) is 41.9. The number of ether oxygens (including phenoxy) is 2. The predicted octanol–water partition coefficient (Wildman–Crippen LogP) is 26.9. The van der Waals surface area contributed by atoms with E-state index in [1.54, 1.807) is 0 Å². The second kappa shape index (κ2) is 79.4. The fourth-order valence-electron chi connectivity index (χ4n) is 10.4. The molecule has 0 saturated heterocycles. The third-order valence-electron chi connectivity index (χ3n) is 16.5. The van der Waals surface area contributed by atoms with Crippen LogP contribution in [0.3, 0.4) is 0 Å². The van der Waals surface area contributed by atoms with E-state index in [1.807, 2.05) is 21.1 Å². The number of allylic oxidation sites excluding steroid dienone is 36. The van der Waals surface area contributed by atoms with Crippen LogP contribution in [0.1, 0.15) is 296 Å². The van der Waals surface area contributed by atoms with Crippen LogP contribution < -0.4 is 4.89 Å². The molecule has 2 atom stereocenters. The summed E-state index contributed by atoms with van der Waals surface area (Å²) in [5.41, 5.74) is 0. The summed E-state index contributed by atoms with van der Waals surface area (Å²) in [7, 11) is 1.13. The SMILES string of the molecule is CC/C=C\C/C=C\C/C=C\C/C=C\C/C=C\C/C=C\C/C=C\C/C=C\C/C=C\C/C=C\C/C=C\C/C=C\CCCCCCC(=O)OC(COC(=O)CCCCCCCCCCCCCCCCCCCC/C=C\C/C=C\C/C=C\C/C=C\C/C=C\C/C=C\CC)COP(=O)([O-])OCC[N+](C)(C)C. The molecule has 0 bridgehead atoms. The molecule has 0 rings (SSSR count). The van der Waals surface area contributed by atoms with Crippen molar-refractivity contribution in [1.29, 1.82) is 0 Å². The Balaban J connectivity index is 4.10. The zero-order valence-electron chi connectivity index (χ0n) is 65.5. The van der Waals surface area contributed by atoms with Crippen LogP contribution in [-0.4, -0.2) is 70.0 Å². The Bertz CT molecular complexity index is 2530. The van der Waals surface area contributed by atoms with E-state index in [4.69, 9.17) is 18.5 Å². The van der Waals surface area contributed by atoms with Gasteiger partial charge in [0.15, 0.2) is 6.10 Å². The second-order valence-corrected chi connectivity index (χ2v) is 28.7. The molecule has 0 amide bonds. The molecule has 0 fully saturated rings. The summed E-state index contributed by atoms with van der Waals surface area (Å²) in [6, 6.07) is 0. The van der Waals surface area contributed by atoms with Crippen molar-refractivity contribution in [3.63, 3.8) is 0 Å². The zero-order chi connectivity index (χ0) is 74.0. The number of likely N-dealkylation sites (N-methyl/N-ethyl adjacent to an activating group) is 1.